The number of carbonyl (C=O) groups is 1. The highest BCUT2D eigenvalue weighted by molar-refractivity contribution is 5.66. The highest BCUT2D eigenvalue weighted by Crippen LogP contribution is 2.09. The van der Waals surface area contributed by atoms with E-state index in [1.165, 1.54) is 13.8 Å². The Kier molecular flexibility index (Phi) is 5.03. The van der Waals surface area contributed by atoms with Crippen LogP contribution in [0.25, 0.3) is 0 Å². The Morgan fingerprint density at radius 3 is 2.46 bits per heavy atom. The van der Waals surface area contributed by atoms with E-state index in [0.717, 1.165) is 6.42 Å². The number of hydrogen-bond donors (Lipinski definition) is 0. The maximum Gasteiger partial charge on any atom is 0.303 e. The Labute approximate surface area is 77.2 Å². The number of rotatable bonds is 5. The van der Waals surface area contributed by atoms with Crippen molar-refractivity contribution in [1.29, 1.82) is 0 Å². The molecule has 0 aromatic rings. The molecule has 0 aliphatic heterocycles. The molecule has 0 unspecified atom stereocenters. The molecule has 0 rings (SSSR count). The average molecular weight is 189 g/mol. The van der Waals surface area contributed by atoms with Crippen LogP contribution in [0.15, 0.2) is 0 Å². The van der Waals surface area contributed by atoms with Crippen molar-refractivity contribution in [1.82, 2.24) is 0 Å². The van der Waals surface area contributed by atoms with Crippen LogP contribution in [-0.4, -0.2) is 23.0 Å². The molecule has 0 amide bonds. The summed E-state index contributed by atoms with van der Waals surface area (Å²) < 4.78 is 4.83. The lowest BCUT2D eigenvalue weighted by Gasteiger charge is -2.16. The third kappa shape index (κ3) is 4.45. The van der Waals surface area contributed by atoms with Crippen molar-refractivity contribution >= 4 is 5.97 Å². The largest absolute Gasteiger partial charge is 0.455 e. The second-order valence-electron chi connectivity index (χ2n) is 2.96. The predicted molar refractivity (Wildman–Crippen MR) is 46.9 cm³/mol. The topological polar surface area (TPSA) is 69.4 Å². The molecular formula is C8H15NO4. The minimum atomic E-state index is -0.830. The van der Waals surface area contributed by atoms with E-state index in [0.29, 0.717) is 6.42 Å². The molecule has 0 aromatic carbocycles. The summed E-state index contributed by atoms with van der Waals surface area (Å²) in [6.45, 7) is 4.60. The van der Waals surface area contributed by atoms with Gasteiger partial charge in [0.1, 0.15) is 0 Å². The summed E-state index contributed by atoms with van der Waals surface area (Å²) in [5.74, 6) is -0.466. The van der Waals surface area contributed by atoms with Gasteiger partial charge in [0.15, 0.2) is 6.10 Å². The third-order valence-electron chi connectivity index (χ3n) is 1.76. The van der Waals surface area contributed by atoms with Gasteiger partial charge in [-0.15, -0.1) is 0 Å². The average Bonchev–Trinajstić information content (AvgIpc) is 2.01. The van der Waals surface area contributed by atoms with E-state index in [1.807, 2.05) is 6.92 Å². The van der Waals surface area contributed by atoms with Gasteiger partial charge in [0.2, 0.25) is 6.04 Å². The molecule has 0 aliphatic carbocycles. The first-order valence-corrected chi connectivity index (χ1v) is 4.29. The lowest BCUT2D eigenvalue weighted by Crippen LogP contribution is -2.34. The summed E-state index contributed by atoms with van der Waals surface area (Å²) in [7, 11) is 0. The quantitative estimate of drug-likeness (QED) is 0.372. The minimum absolute atomic E-state index is 0.427. The molecular weight excluding hydrogens is 174 g/mol. The first kappa shape index (κ1) is 11.9. The van der Waals surface area contributed by atoms with Gasteiger partial charge in [0.25, 0.3) is 0 Å². The number of esters is 1. The van der Waals surface area contributed by atoms with Crippen LogP contribution in [0.4, 0.5) is 0 Å². The van der Waals surface area contributed by atoms with E-state index >= 15 is 0 Å². The second-order valence-corrected chi connectivity index (χ2v) is 2.96. The molecule has 13 heavy (non-hydrogen) atoms. The molecule has 0 fully saturated rings. The summed E-state index contributed by atoms with van der Waals surface area (Å²) in [6, 6.07) is -0.830. The van der Waals surface area contributed by atoms with Crippen LogP contribution in [0.3, 0.4) is 0 Å². The monoisotopic (exact) mass is 189 g/mol. The summed E-state index contributed by atoms with van der Waals surface area (Å²) in [4.78, 5) is 20.6. The van der Waals surface area contributed by atoms with Crippen molar-refractivity contribution in [2.24, 2.45) is 0 Å². The fraction of sp³-hybridized carbons (Fsp3) is 0.875. The van der Waals surface area contributed by atoms with Gasteiger partial charge >= 0.3 is 5.97 Å². The van der Waals surface area contributed by atoms with Crippen molar-refractivity contribution in [3.8, 4) is 0 Å². The summed E-state index contributed by atoms with van der Waals surface area (Å²) in [5.41, 5.74) is 0. The molecule has 0 aromatic heterocycles. The molecule has 0 bridgehead atoms. The molecule has 5 heteroatoms. The normalized spacial score (nSPS) is 14.7. The van der Waals surface area contributed by atoms with Gasteiger partial charge in [-0.3, -0.25) is 14.9 Å². The Morgan fingerprint density at radius 1 is 1.62 bits per heavy atom. The molecule has 76 valence electrons. The van der Waals surface area contributed by atoms with E-state index < -0.39 is 23.0 Å². The molecule has 0 saturated carbocycles. The molecule has 0 radical (unpaired) electrons. The number of nitrogens with zero attached hydrogens (tertiary/aromatic N) is 1. The first-order valence-electron chi connectivity index (χ1n) is 4.29. The van der Waals surface area contributed by atoms with Crippen LogP contribution in [0, 0.1) is 10.1 Å². The van der Waals surface area contributed by atoms with E-state index in [1.54, 1.807) is 0 Å². The Hall–Kier alpha value is -1.13. The van der Waals surface area contributed by atoms with Gasteiger partial charge in [-0.05, 0) is 6.42 Å². The number of nitro groups is 1. The van der Waals surface area contributed by atoms with E-state index in [4.69, 9.17) is 4.74 Å². The molecule has 0 heterocycles. The van der Waals surface area contributed by atoms with Crippen molar-refractivity contribution < 1.29 is 14.5 Å². The molecule has 0 saturated heterocycles. The highest BCUT2D eigenvalue weighted by Gasteiger charge is 2.28. The Morgan fingerprint density at radius 2 is 2.15 bits per heavy atom. The molecule has 0 N–H and O–H groups in total. The molecule has 5 nitrogen and oxygen atoms in total. The summed E-state index contributed by atoms with van der Waals surface area (Å²) >= 11 is 0. The fourth-order valence-electron chi connectivity index (χ4n) is 1.03. The van der Waals surface area contributed by atoms with Crippen LogP contribution in [-0.2, 0) is 9.53 Å². The van der Waals surface area contributed by atoms with Crippen molar-refractivity contribution in [2.75, 3.05) is 0 Å². The second kappa shape index (κ2) is 5.50. The van der Waals surface area contributed by atoms with E-state index in [2.05, 4.69) is 0 Å². The molecule has 2 atom stereocenters. The lowest BCUT2D eigenvalue weighted by molar-refractivity contribution is -0.529. The zero-order valence-electron chi connectivity index (χ0n) is 8.15. The smallest absolute Gasteiger partial charge is 0.303 e. The van der Waals surface area contributed by atoms with Gasteiger partial charge < -0.3 is 4.74 Å². The van der Waals surface area contributed by atoms with Gasteiger partial charge in [0, 0.05) is 18.8 Å². The lowest BCUT2D eigenvalue weighted by atomic mass is 10.1. The van der Waals surface area contributed by atoms with Crippen LogP contribution < -0.4 is 0 Å². The maximum absolute atomic E-state index is 10.6. The fourth-order valence-corrected chi connectivity index (χ4v) is 1.03. The highest BCUT2D eigenvalue weighted by atomic mass is 16.6. The Balaban J connectivity index is 4.22. The van der Waals surface area contributed by atoms with Gasteiger partial charge in [-0.25, -0.2) is 0 Å². The minimum Gasteiger partial charge on any atom is -0.455 e. The van der Waals surface area contributed by atoms with Crippen molar-refractivity contribution in [3.63, 3.8) is 0 Å². The van der Waals surface area contributed by atoms with Crippen LogP contribution in [0.2, 0.25) is 0 Å². The van der Waals surface area contributed by atoms with Crippen molar-refractivity contribution in [3.05, 3.63) is 10.1 Å². The predicted octanol–water partition coefficient (Wildman–Crippen LogP) is 1.38. The number of hydrogen-bond acceptors (Lipinski definition) is 4. The number of ether oxygens (including phenoxy) is 1. The SMILES string of the molecule is CCC[C@H](OC(C)=O)[C@H](C)[N+](=O)[O-]. The standard InChI is InChI=1S/C8H15NO4/c1-4-5-8(13-7(3)10)6(2)9(11)12/h6,8H,4-5H2,1-3H3/t6-,8-/m0/s1. The zero-order valence-corrected chi connectivity index (χ0v) is 8.15. The van der Waals surface area contributed by atoms with E-state index in [-0.39, 0.29) is 0 Å². The summed E-state index contributed by atoms with van der Waals surface area (Å²) in [5, 5.41) is 10.4. The van der Waals surface area contributed by atoms with Crippen molar-refractivity contribution in [2.45, 2.75) is 45.8 Å². The van der Waals surface area contributed by atoms with Gasteiger partial charge in [-0.2, -0.15) is 0 Å². The first-order chi connectivity index (χ1) is 5.99. The Bertz CT molecular complexity index is 193. The number of carbonyl (C=O) groups excluding carboxylic acids is 1. The van der Waals surface area contributed by atoms with Gasteiger partial charge in [0.05, 0.1) is 0 Å². The van der Waals surface area contributed by atoms with Crippen LogP contribution in [0.5, 0.6) is 0 Å². The molecule has 0 spiro atoms. The van der Waals surface area contributed by atoms with Gasteiger partial charge in [-0.1, -0.05) is 13.3 Å². The molecule has 0 aliphatic rings. The zero-order chi connectivity index (χ0) is 10.4. The maximum atomic E-state index is 10.6. The third-order valence-corrected chi connectivity index (χ3v) is 1.76. The van der Waals surface area contributed by atoms with E-state index in [9.17, 15) is 14.9 Å². The van der Waals surface area contributed by atoms with Crippen LogP contribution >= 0.6 is 0 Å². The van der Waals surface area contributed by atoms with Crippen LogP contribution in [0.1, 0.15) is 33.6 Å². The summed E-state index contributed by atoms with van der Waals surface area (Å²) in [6.07, 6.45) is 0.690.